The van der Waals surface area contributed by atoms with E-state index in [4.69, 9.17) is 5.26 Å². The molecule has 1 aromatic carbocycles. The van der Waals surface area contributed by atoms with Crippen LogP contribution in [0.15, 0.2) is 54.7 Å². The number of carbonyl (C=O) groups is 1. The van der Waals surface area contributed by atoms with E-state index in [0.29, 0.717) is 27.7 Å². The number of aryl methyl sites for hydroxylation is 1. The molecule has 5 rings (SSSR count). The first kappa shape index (κ1) is 18.4. The first-order valence-electron chi connectivity index (χ1n) is 9.35. The van der Waals surface area contributed by atoms with Crippen molar-refractivity contribution in [1.82, 2.24) is 24.8 Å². The van der Waals surface area contributed by atoms with Gasteiger partial charge in [0.1, 0.15) is 5.69 Å². The zero-order chi connectivity index (χ0) is 21.5. The Hall–Kier alpha value is -4.58. The average molecular weight is 411 g/mol. The molecule has 4 aromatic heterocycles. The Kier molecular flexibility index (Phi) is 4.19. The van der Waals surface area contributed by atoms with Crippen molar-refractivity contribution >= 4 is 28.3 Å². The van der Waals surface area contributed by atoms with Crippen molar-refractivity contribution in [2.45, 2.75) is 6.92 Å². The SMILES string of the molecule is Cc1cccc2c(-c3nc4[nH]nc(NC(=O)c5cccc(C#N)c5)c4cc3F)cnn12. The number of rotatable bonds is 3. The Bertz CT molecular complexity index is 1530. The maximum Gasteiger partial charge on any atom is 0.256 e. The molecule has 0 aliphatic heterocycles. The molecular weight excluding hydrogens is 397 g/mol. The minimum absolute atomic E-state index is 0.136. The highest BCUT2D eigenvalue weighted by Crippen LogP contribution is 2.30. The predicted octanol–water partition coefficient (Wildman–Crippen LogP) is 3.84. The number of amides is 1. The van der Waals surface area contributed by atoms with Crippen LogP contribution in [0.5, 0.6) is 0 Å². The first-order valence-corrected chi connectivity index (χ1v) is 9.35. The number of H-pyrrole nitrogens is 1. The Balaban J connectivity index is 1.53. The van der Waals surface area contributed by atoms with E-state index in [1.807, 2.05) is 31.2 Å². The second-order valence-corrected chi connectivity index (χ2v) is 6.96. The maximum absolute atomic E-state index is 15.0. The molecule has 150 valence electrons. The summed E-state index contributed by atoms with van der Waals surface area (Å²) in [7, 11) is 0. The van der Waals surface area contributed by atoms with Crippen molar-refractivity contribution in [3.63, 3.8) is 0 Å². The fraction of sp³-hybridized carbons (Fsp3) is 0.0455. The number of benzene rings is 1. The molecule has 0 aliphatic carbocycles. The van der Waals surface area contributed by atoms with Gasteiger partial charge in [-0.05, 0) is 43.3 Å². The van der Waals surface area contributed by atoms with Crippen LogP contribution in [0, 0.1) is 24.1 Å². The molecule has 0 saturated heterocycles. The lowest BCUT2D eigenvalue weighted by atomic mass is 10.1. The van der Waals surface area contributed by atoms with Crippen LogP contribution in [-0.4, -0.2) is 30.7 Å². The minimum Gasteiger partial charge on any atom is -0.305 e. The van der Waals surface area contributed by atoms with Gasteiger partial charge in [0.05, 0.1) is 28.7 Å². The largest absolute Gasteiger partial charge is 0.305 e. The molecule has 5 aromatic rings. The molecule has 0 atom stereocenters. The number of nitriles is 1. The molecule has 0 bridgehead atoms. The third kappa shape index (κ3) is 3.07. The van der Waals surface area contributed by atoms with Crippen LogP contribution in [0.3, 0.4) is 0 Å². The summed E-state index contributed by atoms with van der Waals surface area (Å²) < 4.78 is 16.8. The molecule has 8 nitrogen and oxygen atoms in total. The Morgan fingerprint density at radius 3 is 2.90 bits per heavy atom. The summed E-state index contributed by atoms with van der Waals surface area (Å²) in [5.41, 5.74) is 3.31. The number of aromatic amines is 1. The van der Waals surface area contributed by atoms with Crippen LogP contribution in [0.2, 0.25) is 0 Å². The highest BCUT2D eigenvalue weighted by atomic mass is 19.1. The number of halogens is 1. The lowest BCUT2D eigenvalue weighted by Crippen LogP contribution is -2.12. The van der Waals surface area contributed by atoms with E-state index in [0.717, 1.165) is 11.2 Å². The van der Waals surface area contributed by atoms with E-state index >= 15 is 4.39 Å². The lowest BCUT2D eigenvalue weighted by molar-refractivity contribution is 0.102. The van der Waals surface area contributed by atoms with E-state index in [1.54, 1.807) is 28.9 Å². The summed E-state index contributed by atoms with van der Waals surface area (Å²) in [6.45, 7) is 1.91. The first-order chi connectivity index (χ1) is 15.0. The number of hydrogen-bond donors (Lipinski definition) is 2. The van der Waals surface area contributed by atoms with Gasteiger partial charge in [-0.25, -0.2) is 13.9 Å². The lowest BCUT2D eigenvalue weighted by Gasteiger charge is -2.05. The summed E-state index contributed by atoms with van der Waals surface area (Å²) in [6, 6.07) is 15.1. The number of fused-ring (bicyclic) bond motifs is 2. The number of pyridine rings is 2. The minimum atomic E-state index is -0.563. The van der Waals surface area contributed by atoms with E-state index < -0.39 is 11.7 Å². The fourth-order valence-electron chi connectivity index (χ4n) is 3.45. The molecule has 0 fully saturated rings. The van der Waals surface area contributed by atoms with Gasteiger partial charge in [-0.2, -0.15) is 15.5 Å². The molecule has 0 saturated carbocycles. The number of hydrogen-bond acceptors (Lipinski definition) is 5. The molecule has 1 amide bonds. The van der Waals surface area contributed by atoms with Crippen molar-refractivity contribution in [3.05, 3.63) is 77.4 Å². The van der Waals surface area contributed by atoms with Crippen LogP contribution in [0.1, 0.15) is 21.6 Å². The second kappa shape index (κ2) is 7.03. The van der Waals surface area contributed by atoms with Gasteiger partial charge in [-0.1, -0.05) is 12.1 Å². The molecular formula is C22H14FN7O. The van der Waals surface area contributed by atoms with E-state index in [2.05, 4.69) is 25.6 Å². The summed E-state index contributed by atoms with van der Waals surface area (Å²) in [5, 5.41) is 23.1. The van der Waals surface area contributed by atoms with Gasteiger partial charge in [-0.15, -0.1) is 0 Å². The van der Waals surface area contributed by atoms with Crippen LogP contribution < -0.4 is 5.32 Å². The zero-order valence-corrected chi connectivity index (χ0v) is 16.2. The van der Waals surface area contributed by atoms with E-state index in [-0.39, 0.29) is 11.5 Å². The fourth-order valence-corrected chi connectivity index (χ4v) is 3.45. The average Bonchev–Trinajstić information content (AvgIpc) is 3.38. The Morgan fingerprint density at radius 2 is 2.06 bits per heavy atom. The maximum atomic E-state index is 15.0. The van der Waals surface area contributed by atoms with Crippen molar-refractivity contribution < 1.29 is 9.18 Å². The van der Waals surface area contributed by atoms with Gasteiger partial charge in [0, 0.05) is 16.8 Å². The van der Waals surface area contributed by atoms with Gasteiger partial charge >= 0.3 is 0 Å². The molecule has 2 N–H and O–H groups in total. The monoisotopic (exact) mass is 411 g/mol. The van der Waals surface area contributed by atoms with E-state index in [1.165, 1.54) is 12.1 Å². The third-order valence-electron chi connectivity index (χ3n) is 4.98. The topological polar surface area (TPSA) is 112 Å². The van der Waals surface area contributed by atoms with Crippen molar-refractivity contribution in [3.8, 4) is 17.3 Å². The van der Waals surface area contributed by atoms with Gasteiger partial charge < -0.3 is 5.32 Å². The van der Waals surface area contributed by atoms with Crippen molar-refractivity contribution in [2.75, 3.05) is 5.32 Å². The number of nitrogens with one attached hydrogen (secondary N) is 2. The number of aromatic nitrogens is 5. The van der Waals surface area contributed by atoms with Crippen LogP contribution >= 0.6 is 0 Å². The highest BCUT2D eigenvalue weighted by molar-refractivity contribution is 6.07. The van der Waals surface area contributed by atoms with Gasteiger partial charge in [0.15, 0.2) is 17.3 Å². The zero-order valence-electron chi connectivity index (χ0n) is 16.2. The summed E-state index contributed by atoms with van der Waals surface area (Å²) in [5.74, 6) is -0.878. The van der Waals surface area contributed by atoms with Gasteiger partial charge in [0.2, 0.25) is 0 Å². The van der Waals surface area contributed by atoms with Crippen LogP contribution in [-0.2, 0) is 0 Å². The summed E-state index contributed by atoms with van der Waals surface area (Å²) in [4.78, 5) is 16.9. The molecule has 0 radical (unpaired) electrons. The predicted molar refractivity (Wildman–Crippen MR) is 112 cm³/mol. The smallest absolute Gasteiger partial charge is 0.256 e. The van der Waals surface area contributed by atoms with E-state index in [9.17, 15) is 4.79 Å². The summed E-state index contributed by atoms with van der Waals surface area (Å²) >= 11 is 0. The molecule has 0 unspecified atom stereocenters. The number of carbonyl (C=O) groups excluding carboxylic acids is 1. The standard InChI is InChI=1S/C22H14FN7O/c1-12-4-2-7-18-16(11-25-30(12)18)19-17(23)9-15-20(26-19)28-29-21(15)27-22(31)14-6-3-5-13(8-14)10-24/h2-9,11H,1H3,(H2,26,27,28,29,31). The second-order valence-electron chi connectivity index (χ2n) is 6.96. The number of nitrogens with zero attached hydrogens (tertiary/aromatic N) is 5. The van der Waals surface area contributed by atoms with Gasteiger partial charge in [0.25, 0.3) is 5.91 Å². The third-order valence-corrected chi connectivity index (χ3v) is 4.98. The molecule has 31 heavy (non-hydrogen) atoms. The van der Waals surface area contributed by atoms with Crippen LogP contribution in [0.4, 0.5) is 10.2 Å². The molecule has 4 heterocycles. The van der Waals surface area contributed by atoms with Crippen molar-refractivity contribution in [2.24, 2.45) is 0 Å². The summed E-state index contributed by atoms with van der Waals surface area (Å²) in [6.07, 6.45) is 1.57. The number of anilines is 1. The Labute approximate surface area is 175 Å². The normalized spacial score (nSPS) is 11.0. The molecule has 9 heteroatoms. The molecule has 0 spiro atoms. The highest BCUT2D eigenvalue weighted by Gasteiger charge is 2.19. The Morgan fingerprint density at radius 1 is 1.23 bits per heavy atom. The van der Waals surface area contributed by atoms with Gasteiger partial charge in [-0.3, -0.25) is 9.89 Å². The molecule has 0 aliphatic rings. The van der Waals surface area contributed by atoms with Crippen molar-refractivity contribution in [1.29, 1.82) is 5.26 Å². The van der Waals surface area contributed by atoms with Crippen LogP contribution in [0.25, 0.3) is 27.8 Å². The quantitative estimate of drug-likeness (QED) is 0.468.